The molecule has 0 aliphatic carbocycles. The van der Waals surface area contributed by atoms with Gasteiger partial charge in [0.05, 0.1) is 12.1 Å². The lowest BCUT2D eigenvalue weighted by atomic mass is 10.0. The van der Waals surface area contributed by atoms with E-state index in [1.165, 1.54) is 5.56 Å². The summed E-state index contributed by atoms with van der Waals surface area (Å²) >= 11 is 0. The van der Waals surface area contributed by atoms with Crippen LogP contribution in [-0.2, 0) is 0 Å². The molecule has 2 unspecified atom stereocenters. The van der Waals surface area contributed by atoms with Crippen molar-refractivity contribution in [3.8, 4) is 6.07 Å². The summed E-state index contributed by atoms with van der Waals surface area (Å²) < 4.78 is 0. The van der Waals surface area contributed by atoms with Gasteiger partial charge < -0.3 is 4.90 Å². The van der Waals surface area contributed by atoms with Crippen molar-refractivity contribution in [1.82, 2.24) is 0 Å². The molecule has 0 heterocycles. The molecule has 0 radical (unpaired) electrons. The molecular formula is C17H18N2. The minimum absolute atomic E-state index is 0.165. The Labute approximate surface area is 114 Å². The first-order valence-corrected chi connectivity index (χ1v) is 6.52. The smallest absolute Gasteiger partial charge is 0.114 e. The zero-order chi connectivity index (χ0) is 13.7. The molecule has 19 heavy (non-hydrogen) atoms. The van der Waals surface area contributed by atoms with E-state index in [1.54, 1.807) is 0 Å². The molecule has 0 amide bonds. The minimum Gasteiger partial charge on any atom is -0.349 e. The fourth-order valence-electron chi connectivity index (χ4n) is 2.34. The second-order valence-electron chi connectivity index (χ2n) is 4.63. The van der Waals surface area contributed by atoms with E-state index in [0.29, 0.717) is 0 Å². The summed E-state index contributed by atoms with van der Waals surface area (Å²) in [6, 6.07) is 22.7. The zero-order valence-corrected chi connectivity index (χ0v) is 11.3. The molecule has 0 bridgehead atoms. The Balaban J connectivity index is 2.37. The van der Waals surface area contributed by atoms with Gasteiger partial charge in [-0.1, -0.05) is 48.5 Å². The van der Waals surface area contributed by atoms with Gasteiger partial charge in [-0.2, -0.15) is 5.26 Å². The van der Waals surface area contributed by atoms with Crippen LogP contribution in [0.4, 0.5) is 5.69 Å². The number of hydrogen-bond donors (Lipinski definition) is 0. The van der Waals surface area contributed by atoms with Gasteiger partial charge in [0.1, 0.15) is 6.04 Å². The van der Waals surface area contributed by atoms with Gasteiger partial charge in [-0.3, -0.25) is 0 Å². The first-order valence-electron chi connectivity index (χ1n) is 6.52. The second-order valence-corrected chi connectivity index (χ2v) is 4.63. The predicted octanol–water partition coefficient (Wildman–Crippen LogP) is 4.17. The average Bonchev–Trinajstić information content (AvgIpc) is 2.49. The number of benzene rings is 2. The molecule has 2 aromatic carbocycles. The summed E-state index contributed by atoms with van der Waals surface area (Å²) in [5.41, 5.74) is 2.29. The van der Waals surface area contributed by atoms with Crippen LogP contribution >= 0.6 is 0 Å². The molecule has 0 aliphatic heterocycles. The molecule has 2 aromatic rings. The quantitative estimate of drug-likeness (QED) is 0.814. The van der Waals surface area contributed by atoms with E-state index in [0.717, 1.165) is 5.69 Å². The largest absolute Gasteiger partial charge is 0.349 e. The fraction of sp³-hybridized carbons (Fsp3) is 0.235. The molecule has 0 fully saturated rings. The second kappa shape index (κ2) is 6.06. The number of nitriles is 1. The van der Waals surface area contributed by atoms with Crippen molar-refractivity contribution in [2.24, 2.45) is 0 Å². The number of nitrogens with zero attached hydrogens (tertiary/aromatic N) is 2. The van der Waals surface area contributed by atoms with Crippen LogP contribution in [-0.4, -0.2) is 6.04 Å². The van der Waals surface area contributed by atoms with E-state index >= 15 is 0 Å². The van der Waals surface area contributed by atoms with E-state index in [2.05, 4.69) is 30.0 Å². The molecule has 0 N–H and O–H groups in total. The van der Waals surface area contributed by atoms with E-state index in [4.69, 9.17) is 0 Å². The first-order chi connectivity index (χ1) is 9.24. The lowest BCUT2D eigenvalue weighted by Gasteiger charge is -2.33. The van der Waals surface area contributed by atoms with Crippen molar-refractivity contribution in [2.75, 3.05) is 4.90 Å². The maximum absolute atomic E-state index is 9.27. The van der Waals surface area contributed by atoms with Gasteiger partial charge in [0.15, 0.2) is 0 Å². The lowest BCUT2D eigenvalue weighted by Crippen LogP contribution is -2.34. The molecule has 0 saturated carbocycles. The molecule has 2 rings (SSSR count). The summed E-state index contributed by atoms with van der Waals surface area (Å²) in [5.74, 6) is 0. The topological polar surface area (TPSA) is 27.0 Å². The van der Waals surface area contributed by atoms with E-state index in [9.17, 15) is 5.26 Å². The van der Waals surface area contributed by atoms with Crippen molar-refractivity contribution < 1.29 is 0 Å². The number of para-hydroxylation sites is 1. The molecule has 0 aromatic heterocycles. The number of hydrogen-bond acceptors (Lipinski definition) is 2. The maximum Gasteiger partial charge on any atom is 0.114 e. The highest BCUT2D eigenvalue weighted by atomic mass is 15.2. The Hall–Kier alpha value is -2.27. The van der Waals surface area contributed by atoms with Gasteiger partial charge in [0, 0.05) is 5.69 Å². The summed E-state index contributed by atoms with van der Waals surface area (Å²) in [6.45, 7) is 4.07. The van der Waals surface area contributed by atoms with Gasteiger partial charge in [-0.15, -0.1) is 0 Å². The third-order valence-electron chi connectivity index (χ3n) is 3.36. The zero-order valence-electron chi connectivity index (χ0n) is 11.3. The highest BCUT2D eigenvalue weighted by Crippen LogP contribution is 2.28. The summed E-state index contributed by atoms with van der Waals surface area (Å²) in [6.07, 6.45) is 0. The highest BCUT2D eigenvalue weighted by molar-refractivity contribution is 5.50. The Morgan fingerprint density at radius 3 is 1.95 bits per heavy atom. The van der Waals surface area contributed by atoms with Gasteiger partial charge in [-0.25, -0.2) is 0 Å². The van der Waals surface area contributed by atoms with Crippen LogP contribution in [0.15, 0.2) is 60.7 Å². The van der Waals surface area contributed by atoms with Crippen molar-refractivity contribution in [3.05, 3.63) is 66.2 Å². The Kier molecular flexibility index (Phi) is 4.20. The van der Waals surface area contributed by atoms with Crippen LogP contribution in [0, 0.1) is 11.3 Å². The Morgan fingerprint density at radius 2 is 1.42 bits per heavy atom. The monoisotopic (exact) mass is 250 g/mol. The van der Waals surface area contributed by atoms with Crippen molar-refractivity contribution in [2.45, 2.75) is 25.9 Å². The normalized spacial score (nSPS) is 13.3. The van der Waals surface area contributed by atoms with Crippen LogP contribution in [0.2, 0.25) is 0 Å². The van der Waals surface area contributed by atoms with Crippen molar-refractivity contribution in [1.29, 1.82) is 5.26 Å². The standard InChI is InChI=1S/C17H18N2/c1-14(13-18)19(17-11-7-4-8-12-17)15(2)16-9-5-3-6-10-16/h3-12,14-15H,1-2H3. The Bertz CT molecular complexity index is 542. The summed E-state index contributed by atoms with van der Waals surface area (Å²) in [7, 11) is 0. The third-order valence-corrected chi connectivity index (χ3v) is 3.36. The van der Waals surface area contributed by atoms with Gasteiger partial charge in [0.25, 0.3) is 0 Å². The van der Waals surface area contributed by atoms with Crippen LogP contribution < -0.4 is 4.90 Å². The molecule has 2 heteroatoms. The SMILES string of the molecule is CC(C#N)N(c1ccccc1)C(C)c1ccccc1. The molecule has 96 valence electrons. The molecule has 0 aliphatic rings. The average molecular weight is 250 g/mol. The van der Waals surface area contributed by atoms with Crippen LogP contribution in [0.3, 0.4) is 0 Å². The van der Waals surface area contributed by atoms with E-state index in [-0.39, 0.29) is 12.1 Å². The summed E-state index contributed by atoms with van der Waals surface area (Å²) in [5, 5.41) is 9.27. The number of anilines is 1. The number of rotatable bonds is 4. The molecule has 0 saturated heterocycles. The first kappa shape index (κ1) is 13.2. The van der Waals surface area contributed by atoms with Crippen LogP contribution in [0.25, 0.3) is 0 Å². The fourth-order valence-corrected chi connectivity index (χ4v) is 2.34. The van der Waals surface area contributed by atoms with E-state index < -0.39 is 0 Å². The van der Waals surface area contributed by atoms with Crippen molar-refractivity contribution >= 4 is 5.69 Å². The lowest BCUT2D eigenvalue weighted by molar-refractivity contribution is 0.636. The van der Waals surface area contributed by atoms with Gasteiger partial charge >= 0.3 is 0 Å². The van der Waals surface area contributed by atoms with E-state index in [1.807, 2.05) is 55.5 Å². The molecular weight excluding hydrogens is 232 g/mol. The van der Waals surface area contributed by atoms with Crippen LogP contribution in [0.1, 0.15) is 25.5 Å². The highest BCUT2D eigenvalue weighted by Gasteiger charge is 2.21. The molecule has 0 spiro atoms. The Morgan fingerprint density at radius 1 is 0.895 bits per heavy atom. The maximum atomic E-state index is 9.27. The third kappa shape index (κ3) is 2.95. The minimum atomic E-state index is -0.169. The molecule has 2 nitrogen and oxygen atoms in total. The summed E-state index contributed by atoms with van der Waals surface area (Å²) in [4.78, 5) is 2.15. The predicted molar refractivity (Wildman–Crippen MR) is 78.9 cm³/mol. The van der Waals surface area contributed by atoms with Gasteiger partial charge in [0.2, 0.25) is 0 Å². The van der Waals surface area contributed by atoms with Crippen LogP contribution in [0.5, 0.6) is 0 Å². The van der Waals surface area contributed by atoms with Crippen molar-refractivity contribution in [3.63, 3.8) is 0 Å². The van der Waals surface area contributed by atoms with Gasteiger partial charge in [-0.05, 0) is 31.5 Å². The molecule has 2 atom stereocenters.